The van der Waals surface area contributed by atoms with Crippen LogP contribution in [0, 0.1) is 13.8 Å². The Hall–Kier alpha value is -2.11. The van der Waals surface area contributed by atoms with Crippen LogP contribution >= 0.6 is 23.2 Å². The van der Waals surface area contributed by atoms with E-state index in [9.17, 15) is 4.79 Å². The first-order valence-corrected chi connectivity index (χ1v) is 7.70. The van der Waals surface area contributed by atoms with Crippen molar-refractivity contribution in [3.05, 3.63) is 51.1 Å². The van der Waals surface area contributed by atoms with Crippen LogP contribution in [0.5, 0.6) is 0 Å². The number of rotatable bonds is 2. The van der Waals surface area contributed by atoms with E-state index >= 15 is 0 Å². The number of halogens is 2. The lowest BCUT2D eigenvalue weighted by Crippen LogP contribution is -2.12. The quantitative estimate of drug-likeness (QED) is 0.756. The lowest BCUT2D eigenvalue weighted by atomic mass is 10.1. The smallest absolute Gasteiger partial charge is 0.256 e. The highest BCUT2D eigenvalue weighted by Gasteiger charge is 2.18. The summed E-state index contributed by atoms with van der Waals surface area (Å²) in [5.74, 6) is 0.142. The molecule has 0 aliphatic carbocycles. The summed E-state index contributed by atoms with van der Waals surface area (Å²) in [7, 11) is 1.77. The zero-order valence-corrected chi connectivity index (χ0v) is 14.3. The van der Waals surface area contributed by atoms with Gasteiger partial charge in [-0.1, -0.05) is 29.3 Å². The molecule has 2 aromatic heterocycles. The van der Waals surface area contributed by atoms with Crippen molar-refractivity contribution in [3.63, 3.8) is 0 Å². The summed E-state index contributed by atoms with van der Waals surface area (Å²) in [6.07, 6.45) is 0. The first-order chi connectivity index (χ1) is 10.9. The van der Waals surface area contributed by atoms with Gasteiger partial charge in [0.25, 0.3) is 5.91 Å². The number of amides is 1. The zero-order chi connectivity index (χ0) is 16.7. The SMILES string of the molecule is Cc1nc2c(c(NC(=O)c3cccc(Cl)c3)nn2C)c(C)c1Cl. The number of benzene rings is 1. The summed E-state index contributed by atoms with van der Waals surface area (Å²) in [4.78, 5) is 16.9. The van der Waals surface area contributed by atoms with E-state index < -0.39 is 0 Å². The number of fused-ring (bicyclic) bond motifs is 1. The number of nitrogens with zero attached hydrogens (tertiary/aromatic N) is 3. The summed E-state index contributed by atoms with van der Waals surface area (Å²) in [5, 5.41) is 8.97. The fraction of sp³-hybridized carbons (Fsp3) is 0.188. The minimum absolute atomic E-state index is 0.288. The van der Waals surface area contributed by atoms with Crippen LogP contribution in [0.25, 0.3) is 11.0 Å². The van der Waals surface area contributed by atoms with E-state index in [0.717, 1.165) is 16.6 Å². The fourth-order valence-corrected chi connectivity index (χ4v) is 2.80. The molecule has 0 aliphatic heterocycles. The first kappa shape index (κ1) is 15.8. The Morgan fingerprint density at radius 2 is 2.00 bits per heavy atom. The second-order valence-electron chi connectivity index (χ2n) is 5.27. The van der Waals surface area contributed by atoms with E-state index in [2.05, 4.69) is 15.4 Å². The van der Waals surface area contributed by atoms with Gasteiger partial charge in [-0.25, -0.2) is 9.67 Å². The number of carbonyl (C=O) groups excluding carboxylic acids is 1. The molecule has 0 spiro atoms. The number of anilines is 1. The lowest BCUT2D eigenvalue weighted by Gasteiger charge is -2.06. The van der Waals surface area contributed by atoms with Crippen LogP contribution in [-0.4, -0.2) is 20.7 Å². The number of nitrogens with one attached hydrogen (secondary N) is 1. The van der Waals surface area contributed by atoms with Gasteiger partial charge in [-0.3, -0.25) is 4.79 Å². The van der Waals surface area contributed by atoms with Crippen LogP contribution in [0.3, 0.4) is 0 Å². The number of hydrogen-bond acceptors (Lipinski definition) is 3. The molecule has 7 heteroatoms. The van der Waals surface area contributed by atoms with Crippen molar-refractivity contribution in [2.75, 3.05) is 5.32 Å². The predicted molar refractivity (Wildman–Crippen MR) is 92.4 cm³/mol. The van der Waals surface area contributed by atoms with E-state index in [0.29, 0.717) is 27.1 Å². The summed E-state index contributed by atoms with van der Waals surface area (Å²) in [6.45, 7) is 3.72. The molecule has 0 radical (unpaired) electrons. The molecule has 3 aromatic rings. The molecule has 1 aromatic carbocycles. The van der Waals surface area contributed by atoms with Gasteiger partial charge in [0.15, 0.2) is 11.5 Å². The molecule has 2 heterocycles. The van der Waals surface area contributed by atoms with Gasteiger partial charge < -0.3 is 5.32 Å². The Labute approximate surface area is 143 Å². The lowest BCUT2D eigenvalue weighted by molar-refractivity contribution is 0.102. The number of carbonyl (C=O) groups is 1. The Morgan fingerprint density at radius 1 is 1.26 bits per heavy atom. The topological polar surface area (TPSA) is 59.8 Å². The molecule has 0 fully saturated rings. The van der Waals surface area contributed by atoms with Crippen molar-refractivity contribution in [2.24, 2.45) is 7.05 Å². The number of aryl methyl sites for hydroxylation is 3. The molecular weight excluding hydrogens is 335 g/mol. The van der Waals surface area contributed by atoms with Gasteiger partial charge in [0.1, 0.15) is 0 Å². The average Bonchev–Trinajstić information content (AvgIpc) is 2.81. The van der Waals surface area contributed by atoms with Crippen molar-refractivity contribution in [1.82, 2.24) is 14.8 Å². The molecule has 0 saturated carbocycles. The Balaban J connectivity index is 2.07. The molecule has 0 bridgehead atoms. The summed E-state index contributed by atoms with van der Waals surface area (Å²) >= 11 is 12.2. The molecule has 1 amide bonds. The molecule has 0 aliphatic rings. The highest BCUT2D eigenvalue weighted by molar-refractivity contribution is 6.33. The van der Waals surface area contributed by atoms with Crippen LogP contribution in [0.1, 0.15) is 21.6 Å². The van der Waals surface area contributed by atoms with Crippen molar-refractivity contribution in [1.29, 1.82) is 0 Å². The van der Waals surface area contributed by atoms with Crippen LogP contribution in [0.4, 0.5) is 5.82 Å². The molecule has 0 unspecified atom stereocenters. The number of aromatic nitrogens is 3. The van der Waals surface area contributed by atoms with Crippen LogP contribution in [0.2, 0.25) is 10.0 Å². The maximum atomic E-state index is 12.4. The van der Waals surface area contributed by atoms with E-state index in [-0.39, 0.29) is 5.91 Å². The van der Waals surface area contributed by atoms with Crippen LogP contribution in [-0.2, 0) is 7.05 Å². The highest BCUT2D eigenvalue weighted by Crippen LogP contribution is 2.31. The minimum Gasteiger partial charge on any atom is -0.304 e. The normalized spacial score (nSPS) is 11.0. The highest BCUT2D eigenvalue weighted by atomic mass is 35.5. The van der Waals surface area contributed by atoms with E-state index in [1.54, 1.807) is 36.0 Å². The second-order valence-corrected chi connectivity index (χ2v) is 6.09. The molecule has 23 heavy (non-hydrogen) atoms. The maximum Gasteiger partial charge on any atom is 0.256 e. The van der Waals surface area contributed by atoms with E-state index in [1.165, 1.54) is 0 Å². The minimum atomic E-state index is -0.288. The summed E-state index contributed by atoms with van der Waals surface area (Å²) in [5.41, 5.74) is 2.70. The van der Waals surface area contributed by atoms with Gasteiger partial charge >= 0.3 is 0 Å². The van der Waals surface area contributed by atoms with Crippen molar-refractivity contribution >= 4 is 46.0 Å². The molecule has 0 saturated heterocycles. The molecular formula is C16H14Cl2N4O. The second kappa shape index (κ2) is 5.83. The van der Waals surface area contributed by atoms with Gasteiger partial charge in [0, 0.05) is 17.6 Å². The van der Waals surface area contributed by atoms with Crippen molar-refractivity contribution in [3.8, 4) is 0 Å². The van der Waals surface area contributed by atoms with Gasteiger partial charge in [-0.15, -0.1) is 0 Å². The zero-order valence-electron chi connectivity index (χ0n) is 12.8. The van der Waals surface area contributed by atoms with Crippen molar-refractivity contribution in [2.45, 2.75) is 13.8 Å². The summed E-state index contributed by atoms with van der Waals surface area (Å²) in [6, 6.07) is 6.73. The summed E-state index contributed by atoms with van der Waals surface area (Å²) < 4.78 is 1.62. The predicted octanol–water partition coefficient (Wildman–Crippen LogP) is 4.14. The van der Waals surface area contributed by atoms with Crippen LogP contribution in [0.15, 0.2) is 24.3 Å². The molecule has 1 N–H and O–H groups in total. The van der Waals surface area contributed by atoms with Gasteiger partial charge in [0.05, 0.1) is 16.1 Å². The number of hydrogen-bond donors (Lipinski definition) is 1. The monoisotopic (exact) mass is 348 g/mol. The van der Waals surface area contributed by atoms with Gasteiger partial charge in [-0.2, -0.15) is 5.10 Å². The third-order valence-electron chi connectivity index (χ3n) is 3.63. The molecule has 3 rings (SSSR count). The maximum absolute atomic E-state index is 12.4. The average molecular weight is 349 g/mol. The van der Waals surface area contributed by atoms with E-state index in [1.807, 2.05) is 13.8 Å². The third-order valence-corrected chi connectivity index (χ3v) is 4.42. The van der Waals surface area contributed by atoms with Crippen LogP contribution < -0.4 is 5.32 Å². The van der Waals surface area contributed by atoms with Gasteiger partial charge in [-0.05, 0) is 37.6 Å². The van der Waals surface area contributed by atoms with Gasteiger partial charge in [0.2, 0.25) is 0 Å². The fourth-order valence-electron chi connectivity index (χ4n) is 2.47. The third kappa shape index (κ3) is 2.78. The van der Waals surface area contributed by atoms with Crippen molar-refractivity contribution < 1.29 is 4.79 Å². The molecule has 118 valence electrons. The Bertz CT molecular complexity index is 933. The van der Waals surface area contributed by atoms with E-state index in [4.69, 9.17) is 23.2 Å². The Morgan fingerprint density at radius 3 is 2.70 bits per heavy atom. The first-order valence-electron chi connectivity index (χ1n) is 6.95. The Kier molecular flexibility index (Phi) is 4.00. The molecule has 0 atom stereocenters. The molecule has 5 nitrogen and oxygen atoms in total. The standard InChI is InChI=1S/C16H14Cl2N4O/c1-8-12-14(20-16(23)10-5-4-6-11(17)7-10)21-22(3)15(12)19-9(2)13(8)18/h4-7H,1-3H3,(H,20,21,23). The largest absolute Gasteiger partial charge is 0.304 e. The number of pyridine rings is 1.